The van der Waals surface area contributed by atoms with E-state index in [4.69, 9.17) is 21.7 Å². The summed E-state index contributed by atoms with van der Waals surface area (Å²) in [6.45, 7) is 1.77. The molecule has 0 saturated heterocycles. The van der Waals surface area contributed by atoms with Gasteiger partial charge in [-0.2, -0.15) is 5.10 Å². The minimum atomic E-state index is -0.489. The van der Waals surface area contributed by atoms with E-state index >= 15 is 0 Å². The highest BCUT2D eigenvalue weighted by molar-refractivity contribution is 7.80. The SMILES string of the molecule is COc1ccc(C=CC(=O)NC(=S)NNC(=O)c2cc(C)[nH]n2)cc1OC. The summed E-state index contributed by atoms with van der Waals surface area (Å²) >= 11 is 4.95. The molecule has 1 aromatic heterocycles. The fourth-order valence-electron chi connectivity index (χ4n) is 2.03. The number of carbonyl (C=O) groups is 2. The van der Waals surface area contributed by atoms with E-state index in [9.17, 15) is 9.59 Å². The topological polar surface area (TPSA) is 117 Å². The molecule has 0 fully saturated rings. The van der Waals surface area contributed by atoms with Gasteiger partial charge in [-0.05, 0) is 49.0 Å². The number of ether oxygens (including phenoxy) is 2. The van der Waals surface area contributed by atoms with Gasteiger partial charge in [0.2, 0.25) is 5.91 Å². The Morgan fingerprint density at radius 3 is 2.52 bits per heavy atom. The van der Waals surface area contributed by atoms with Crippen LogP contribution in [0.25, 0.3) is 6.08 Å². The van der Waals surface area contributed by atoms with Gasteiger partial charge in [0.1, 0.15) is 0 Å². The molecule has 0 bridgehead atoms. The highest BCUT2D eigenvalue weighted by Crippen LogP contribution is 2.27. The number of rotatable bonds is 5. The maximum Gasteiger partial charge on any atom is 0.290 e. The number of hydrazine groups is 1. The molecule has 10 heteroatoms. The molecule has 0 spiro atoms. The number of carbonyl (C=O) groups excluding carboxylic acids is 2. The van der Waals surface area contributed by atoms with E-state index in [2.05, 4.69) is 26.4 Å². The van der Waals surface area contributed by atoms with Crippen LogP contribution in [0.1, 0.15) is 21.7 Å². The van der Waals surface area contributed by atoms with Crippen molar-refractivity contribution >= 4 is 35.2 Å². The van der Waals surface area contributed by atoms with Crippen LogP contribution >= 0.6 is 12.2 Å². The number of nitrogens with one attached hydrogen (secondary N) is 4. The van der Waals surface area contributed by atoms with Crippen LogP contribution in [0.4, 0.5) is 0 Å². The Bertz CT molecular complexity index is 878. The van der Waals surface area contributed by atoms with Gasteiger partial charge in [0.15, 0.2) is 22.3 Å². The first-order valence-corrected chi connectivity index (χ1v) is 8.17. The Morgan fingerprint density at radius 1 is 1.15 bits per heavy atom. The lowest BCUT2D eigenvalue weighted by atomic mass is 10.2. The highest BCUT2D eigenvalue weighted by atomic mass is 32.1. The lowest BCUT2D eigenvalue weighted by Crippen LogP contribution is -2.48. The number of thiocarbonyl (C=S) groups is 1. The largest absolute Gasteiger partial charge is 0.493 e. The summed E-state index contributed by atoms with van der Waals surface area (Å²) in [6, 6.07) is 6.80. The van der Waals surface area contributed by atoms with Crippen molar-refractivity contribution in [2.75, 3.05) is 14.2 Å². The Hall–Kier alpha value is -3.40. The van der Waals surface area contributed by atoms with Crippen LogP contribution < -0.4 is 25.6 Å². The molecule has 1 heterocycles. The first-order chi connectivity index (χ1) is 12.9. The fraction of sp³-hybridized carbons (Fsp3) is 0.176. The molecule has 0 unspecified atom stereocenters. The third kappa shape index (κ3) is 5.82. The maximum atomic E-state index is 11.9. The minimum absolute atomic E-state index is 0.0578. The predicted octanol–water partition coefficient (Wildman–Crippen LogP) is 1.08. The van der Waals surface area contributed by atoms with E-state index in [0.717, 1.165) is 11.3 Å². The zero-order valence-corrected chi connectivity index (χ0v) is 15.8. The quantitative estimate of drug-likeness (QED) is 0.343. The zero-order valence-electron chi connectivity index (χ0n) is 15.0. The molecule has 9 nitrogen and oxygen atoms in total. The third-order valence-corrected chi connectivity index (χ3v) is 3.50. The summed E-state index contributed by atoms with van der Waals surface area (Å²) in [6.07, 6.45) is 2.89. The summed E-state index contributed by atoms with van der Waals surface area (Å²) < 4.78 is 10.4. The van der Waals surface area contributed by atoms with Crippen molar-refractivity contribution < 1.29 is 19.1 Å². The molecule has 4 N–H and O–H groups in total. The number of aromatic nitrogens is 2. The molecule has 0 aliphatic heterocycles. The van der Waals surface area contributed by atoms with Gasteiger partial charge >= 0.3 is 0 Å². The maximum absolute atomic E-state index is 11.9. The first kappa shape index (κ1) is 19.9. The monoisotopic (exact) mass is 389 g/mol. The third-order valence-electron chi connectivity index (χ3n) is 3.30. The number of benzene rings is 1. The van der Waals surface area contributed by atoms with Gasteiger partial charge in [0.05, 0.1) is 14.2 Å². The van der Waals surface area contributed by atoms with Gasteiger partial charge < -0.3 is 9.47 Å². The molecule has 2 rings (SSSR count). The van der Waals surface area contributed by atoms with Crippen LogP contribution in [0, 0.1) is 6.92 Å². The Kier molecular flexibility index (Phi) is 6.89. The van der Waals surface area contributed by atoms with Crippen LogP contribution in [-0.2, 0) is 4.79 Å². The van der Waals surface area contributed by atoms with E-state index in [-0.39, 0.29) is 10.8 Å². The molecule has 27 heavy (non-hydrogen) atoms. The van der Waals surface area contributed by atoms with Crippen LogP contribution in [0.3, 0.4) is 0 Å². The number of aromatic amines is 1. The van der Waals surface area contributed by atoms with Gasteiger partial charge in [-0.3, -0.25) is 30.9 Å². The van der Waals surface area contributed by atoms with Crippen molar-refractivity contribution in [1.82, 2.24) is 26.4 Å². The van der Waals surface area contributed by atoms with Gasteiger partial charge in [-0.1, -0.05) is 6.07 Å². The molecule has 0 saturated carbocycles. The zero-order chi connectivity index (χ0) is 19.8. The number of hydrogen-bond donors (Lipinski definition) is 4. The van der Waals surface area contributed by atoms with Crippen molar-refractivity contribution in [2.45, 2.75) is 6.92 Å². The van der Waals surface area contributed by atoms with Crippen LogP contribution in [0.15, 0.2) is 30.3 Å². The smallest absolute Gasteiger partial charge is 0.290 e. The summed E-state index contributed by atoms with van der Waals surface area (Å²) in [4.78, 5) is 23.7. The number of aryl methyl sites for hydroxylation is 1. The van der Waals surface area contributed by atoms with E-state index in [1.165, 1.54) is 13.2 Å². The molecule has 0 atom stereocenters. The number of methoxy groups -OCH3 is 2. The molecule has 2 amide bonds. The van der Waals surface area contributed by atoms with Gasteiger partial charge in [-0.25, -0.2) is 0 Å². The standard InChI is InChI=1S/C17H19N5O4S/c1-10-8-12(20-19-10)16(24)21-22-17(27)18-15(23)7-5-11-4-6-13(25-2)14(9-11)26-3/h4-9H,1-3H3,(H,19,20)(H,21,24)(H2,18,22,23,27). The van der Waals surface area contributed by atoms with Gasteiger partial charge in [0, 0.05) is 11.8 Å². The fourth-order valence-corrected chi connectivity index (χ4v) is 2.18. The first-order valence-electron chi connectivity index (χ1n) is 7.76. The average molecular weight is 389 g/mol. The number of nitrogens with zero attached hydrogens (tertiary/aromatic N) is 1. The molecule has 0 radical (unpaired) electrons. The van der Waals surface area contributed by atoms with Crippen LogP contribution in [0.2, 0.25) is 0 Å². The predicted molar refractivity (Wildman–Crippen MR) is 103 cm³/mol. The minimum Gasteiger partial charge on any atom is -0.493 e. The van der Waals surface area contributed by atoms with Gasteiger partial charge in [-0.15, -0.1) is 0 Å². The number of hydrogen-bond acceptors (Lipinski definition) is 6. The molecule has 1 aromatic carbocycles. The second kappa shape index (κ2) is 9.34. The number of H-pyrrole nitrogens is 1. The number of amides is 2. The lowest BCUT2D eigenvalue weighted by molar-refractivity contribution is -0.115. The van der Waals surface area contributed by atoms with E-state index < -0.39 is 11.8 Å². The summed E-state index contributed by atoms with van der Waals surface area (Å²) in [5.41, 5.74) is 6.45. The summed E-state index contributed by atoms with van der Waals surface area (Å²) in [5.74, 6) is 0.185. The summed E-state index contributed by atoms with van der Waals surface area (Å²) in [7, 11) is 3.07. The van der Waals surface area contributed by atoms with E-state index in [1.54, 1.807) is 44.4 Å². The lowest BCUT2D eigenvalue weighted by Gasteiger charge is -2.09. The van der Waals surface area contributed by atoms with Crippen molar-refractivity contribution in [3.63, 3.8) is 0 Å². The van der Waals surface area contributed by atoms with E-state index in [0.29, 0.717) is 11.5 Å². The average Bonchev–Trinajstić information content (AvgIpc) is 3.10. The molecule has 0 aliphatic rings. The molecule has 2 aromatic rings. The second-order valence-corrected chi connectivity index (χ2v) is 5.69. The molecule has 0 aliphatic carbocycles. The summed E-state index contributed by atoms with van der Waals surface area (Å²) in [5, 5.41) is 8.81. The normalized spacial score (nSPS) is 10.3. The van der Waals surface area contributed by atoms with E-state index in [1.807, 2.05) is 0 Å². The van der Waals surface area contributed by atoms with Crippen molar-refractivity contribution in [1.29, 1.82) is 0 Å². The molecular weight excluding hydrogens is 370 g/mol. The Morgan fingerprint density at radius 2 is 1.89 bits per heavy atom. The second-order valence-electron chi connectivity index (χ2n) is 5.28. The van der Waals surface area contributed by atoms with Crippen molar-refractivity contribution in [3.05, 3.63) is 47.3 Å². The Labute approximate surface area is 161 Å². The van der Waals surface area contributed by atoms with Gasteiger partial charge in [0.25, 0.3) is 5.91 Å². The molecule has 142 valence electrons. The van der Waals surface area contributed by atoms with Crippen LogP contribution in [0.5, 0.6) is 11.5 Å². The van der Waals surface area contributed by atoms with Crippen molar-refractivity contribution in [3.8, 4) is 11.5 Å². The molecular formula is C17H19N5O4S. The Balaban J connectivity index is 1.84. The van der Waals surface area contributed by atoms with Crippen LogP contribution in [-0.4, -0.2) is 41.3 Å². The van der Waals surface area contributed by atoms with Crippen molar-refractivity contribution in [2.24, 2.45) is 0 Å². The highest BCUT2D eigenvalue weighted by Gasteiger charge is 2.09.